The molecule has 1 spiro atoms. The van der Waals surface area contributed by atoms with Gasteiger partial charge in [-0.25, -0.2) is 0 Å². The minimum absolute atomic E-state index is 0.0533. The molecule has 4 heteroatoms. The number of hydrogen-bond donors (Lipinski definition) is 0. The van der Waals surface area contributed by atoms with Crippen LogP contribution in [0.25, 0.3) is 16.6 Å². The summed E-state index contributed by atoms with van der Waals surface area (Å²) in [5.74, 6) is 1.73. The van der Waals surface area contributed by atoms with E-state index in [0.29, 0.717) is 10.9 Å². The number of aryl methyl sites for hydroxylation is 1. The van der Waals surface area contributed by atoms with E-state index in [2.05, 4.69) is 119 Å². The Kier molecular flexibility index (Phi) is 5.44. The molecular weight excluding hydrogens is 552 g/mol. The summed E-state index contributed by atoms with van der Waals surface area (Å²) in [5.41, 5.74) is 9.81. The molecule has 0 aliphatic carbocycles. The molecule has 0 N–H and O–H groups in total. The van der Waals surface area contributed by atoms with Crippen LogP contribution in [0.15, 0.2) is 157 Å². The van der Waals surface area contributed by atoms with Gasteiger partial charge in [-0.2, -0.15) is 0 Å². The van der Waals surface area contributed by atoms with Gasteiger partial charge in [0.15, 0.2) is 5.43 Å². The Morgan fingerprint density at radius 1 is 0.556 bits per heavy atom. The van der Waals surface area contributed by atoms with Gasteiger partial charge in [0.25, 0.3) is 0 Å². The number of para-hydroxylation sites is 5. The van der Waals surface area contributed by atoms with Crippen molar-refractivity contribution in [1.82, 2.24) is 4.57 Å². The number of fused-ring (bicyclic) bond motifs is 9. The van der Waals surface area contributed by atoms with Crippen molar-refractivity contribution in [3.8, 4) is 17.2 Å². The lowest BCUT2D eigenvalue weighted by Gasteiger charge is -2.48. The predicted octanol–water partition coefficient (Wildman–Crippen LogP) is 9.57. The Bertz CT molecular complexity index is 2260. The highest BCUT2D eigenvalue weighted by atomic mass is 16.5. The van der Waals surface area contributed by atoms with Gasteiger partial charge >= 0.3 is 0 Å². The summed E-state index contributed by atoms with van der Waals surface area (Å²) in [6, 6.07) is 50.6. The summed E-state index contributed by atoms with van der Waals surface area (Å²) in [4.78, 5) is 15.7. The van der Waals surface area contributed by atoms with E-state index >= 15 is 0 Å². The predicted molar refractivity (Wildman–Crippen MR) is 181 cm³/mol. The number of aromatic nitrogens is 1. The number of nitrogens with zero attached hydrogens (tertiary/aromatic N) is 2. The number of anilines is 3. The molecule has 0 radical (unpaired) electrons. The van der Waals surface area contributed by atoms with Crippen molar-refractivity contribution in [2.24, 2.45) is 0 Å². The van der Waals surface area contributed by atoms with Gasteiger partial charge in [-0.3, -0.25) is 4.79 Å². The van der Waals surface area contributed by atoms with Crippen LogP contribution in [-0.2, 0) is 5.41 Å². The fraction of sp³-hybridized carbons (Fsp3) is 0.0488. The average molecular weight is 581 g/mol. The maximum absolute atomic E-state index is 13.4. The lowest BCUT2D eigenvalue weighted by atomic mass is 9.61. The van der Waals surface area contributed by atoms with Crippen molar-refractivity contribution < 1.29 is 4.74 Å². The fourth-order valence-corrected chi connectivity index (χ4v) is 7.49. The molecule has 7 aromatic rings. The first-order valence-electron chi connectivity index (χ1n) is 15.2. The first-order chi connectivity index (χ1) is 22.2. The third kappa shape index (κ3) is 3.51. The van der Waals surface area contributed by atoms with Gasteiger partial charge < -0.3 is 14.2 Å². The molecule has 45 heavy (non-hydrogen) atoms. The average Bonchev–Trinajstić information content (AvgIpc) is 3.10. The van der Waals surface area contributed by atoms with Crippen LogP contribution in [0, 0.1) is 6.92 Å². The summed E-state index contributed by atoms with van der Waals surface area (Å²) in [6.45, 7) is 1.88. The van der Waals surface area contributed by atoms with E-state index in [-0.39, 0.29) is 5.43 Å². The Labute approximate surface area is 261 Å². The van der Waals surface area contributed by atoms with Crippen LogP contribution in [-0.4, -0.2) is 4.57 Å². The van der Waals surface area contributed by atoms with Crippen molar-refractivity contribution in [3.63, 3.8) is 0 Å². The molecule has 3 heterocycles. The monoisotopic (exact) mass is 580 g/mol. The van der Waals surface area contributed by atoms with Crippen LogP contribution in [0.4, 0.5) is 17.1 Å². The van der Waals surface area contributed by atoms with Gasteiger partial charge in [-0.15, -0.1) is 0 Å². The van der Waals surface area contributed by atoms with Gasteiger partial charge in [0.2, 0.25) is 0 Å². The molecule has 4 nitrogen and oxygen atoms in total. The van der Waals surface area contributed by atoms with Crippen molar-refractivity contribution >= 4 is 28.0 Å². The number of hydrogen-bond acceptors (Lipinski definition) is 3. The molecular formula is C41H28N2O2. The molecule has 9 rings (SSSR count). The summed E-state index contributed by atoms with van der Waals surface area (Å²) >= 11 is 0. The Balaban J connectivity index is 1.37. The third-order valence-electron chi connectivity index (χ3n) is 9.36. The minimum Gasteiger partial charge on any atom is -0.457 e. The van der Waals surface area contributed by atoms with Gasteiger partial charge in [-0.05, 0) is 72.6 Å². The molecule has 0 atom stereocenters. The largest absolute Gasteiger partial charge is 0.457 e. The Hall–Kier alpha value is -5.87. The molecule has 0 saturated heterocycles. The molecule has 0 amide bonds. The highest BCUT2D eigenvalue weighted by Crippen LogP contribution is 2.62. The molecule has 0 unspecified atom stereocenters. The van der Waals surface area contributed by atoms with Crippen molar-refractivity contribution in [2.45, 2.75) is 12.3 Å². The van der Waals surface area contributed by atoms with Gasteiger partial charge in [0.05, 0.1) is 22.3 Å². The molecule has 2 aliphatic rings. The van der Waals surface area contributed by atoms with Crippen LogP contribution in [0.2, 0.25) is 0 Å². The van der Waals surface area contributed by atoms with Crippen molar-refractivity contribution in [2.75, 3.05) is 4.90 Å². The van der Waals surface area contributed by atoms with Crippen LogP contribution in [0.1, 0.15) is 27.8 Å². The first kappa shape index (κ1) is 25.6. The van der Waals surface area contributed by atoms with Crippen molar-refractivity contribution in [3.05, 3.63) is 190 Å². The van der Waals surface area contributed by atoms with Gasteiger partial charge in [0, 0.05) is 39.6 Å². The fourth-order valence-electron chi connectivity index (χ4n) is 7.49. The van der Waals surface area contributed by atoms with Crippen LogP contribution in [0.3, 0.4) is 0 Å². The van der Waals surface area contributed by atoms with E-state index in [0.717, 1.165) is 50.9 Å². The molecule has 0 saturated carbocycles. The molecule has 2 aliphatic heterocycles. The zero-order valence-corrected chi connectivity index (χ0v) is 24.6. The number of benzene rings is 6. The summed E-state index contributed by atoms with van der Waals surface area (Å²) in [5, 5.41) is 0.699. The van der Waals surface area contributed by atoms with Crippen LogP contribution in [0.5, 0.6) is 11.5 Å². The Morgan fingerprint density at radius 3 is 1.71 bits per heavy atom. The first-order valence-corrected chi connectivity index (χ1v) is 15.2. The zero-order valence-electron chi connectivity index (χ0n) is 24.6. The van der Waals surface area contributed by atoms with Crippen LogP contribution < -0.4 is 15.1 Å². The van der Waals surface area contributed by atoms with E-state index < -0.39 is 5.41 Å². The highest BCUT2D eigenvalue weighted by molar-refractivity contribution is 5.94. The summed E-state index contributed by atoms with van der Waals surface area (Å²) in [7, 11) is 0. The minimum atomic E-state index is -0.588. The smallest absolute Gasteiger partial charge is 0.192 e. The molecule has 0 fully saturated rings. The molecule has 0 bridgehead atoms. The van der Waals surface area contributed by atoms with E-state index in [9.17, 15) is 4.79 Å². The normalized spacial score (nSPS) is 13.8. The highest BCUT2D eigenvalue weighted by Gasteiger charge is 2.50. The summed E-state index contributed by atoms with van der Waals surface area (Å²) < 4.78 is 8.65. The number of ether oxygens (including phenoxy) is 1. The molecule has 1 aromatic heterocycles. The van der Waals surface area contributed by atoms with Gasteiger partial charge in [-0.1, -0.05) is 91.0 Å². The summed E-state index contributed by atoms with van der Waals surface area (Å²) in [6.07, 6.45) is 1.95. The standard InChI is InChI=1S/C41H28N2O2/c1-27-26-42(28-13-3-2-4-14-28)37-25-29(23-24-30(37)40(27)44)43-35-19-9-5-15-31(35)41(32-16-6-10-20-36(32)43)33-17-7-11-21-38(33)45-39-22-12-8-18-34(39)41/h2-26H,1H3. The maximum Gasteiger partial charge on any atom is 0.192 e. The maximum atomic E-state index is 13.4. The molecule has 214 valence electrons. The van der Waals surface area contributed by atoms with E-state index in [4.69, 9.17) is 4.74 Å². The lowest BCUT2D eigenvalue weighted by molar-refractivity contribution is 0.434. The van der Waals surface area contributed by atoms with E-state index in [1.165, 1.54) is 11.1 Å². The van der Waals surface area contributed by atoms with Crippen LogP contribution >= 0.6 is 0 Å². The number of pyridine rings is 1. The van der Waals surface area contributed by atoms with Gasteiger partial charge in [0.1, 0.15) is 11.5 Å². The Morgan fingerprint density at radius 2 is 1.09 bits per heavy atom. The SMILES string of the molecule is Cc1cn(-c2ccccc2)c2cc(N3c4ccccc4C4(c5ccccc5Oc5ccccc54)c4ccccc43)ccc2c1=O. The molecule has 6 aromatic carbocycles. The quantitative estimate of drug-likeness (QED) is 0.204. The second-order valence-corrected chi connectivity index (χ2v) is 11.8. The number of rotatable bonds is 2. The topological polar surface area (TPSA) is 34.5 Å². The second kappa shape index (κ2) is 9.57. The third-order valence-corrected chi connectivity index (χ3v) is 9.36. The second-order valence-electron chi connectivity index (χ2n) is 11.8. The van der Waals surface area contributed by atoms with Crippen molar-refractivity contribution in [1.29, 1.82) is 0 Å². The lowest BCUT2D eigenvalue weighted by Crippen LogP contribution is -2.39. The zero-order chi connectivity index (χ0) is 30.1. The van der Waals surface area contributed by atoms with E-state index in [1.807, 2.05) is 49.5 Å². The van der Waals surface area contributed by atoms with E-state index in [1.54, 1.807) is 0 Å².